The van der Waals surface area contributed by atoms with Gasteiger partial charge in [0, 0.05) is 12.1 Å². The van der Waals surface area contributed by atoms with Crippen molar-refractivity contribution in [2.75, 3.05) is 12.4 Å². The molecule has 1 spiro atoms. The minimum absolute atomic E-state index is 0.0940. The lowest BCUT2D eigenvalue weighted by atomic mass is 9.95. The maximum absolute atomic E-state index is 12.0. The van der Waals surface area contributed by atoms with E-state index in [1.165, 1.54) is 6.92 Å². The topological polar surface area (TPSA) is 56.8 Å². The van der Waals surface area contributed by atoms with Crippen LogP contribution in [0, 0.1) is 0 Å². The van der Waals surface area contributed by atoms with Gasteiger partial charge in [-0.05, 0) is 32.9 Å². The van der Waals surface area contributed by atoms with Crippen LogP contribution >= 0.6 is 0 Å². The first-order chi connectivity index (χ1) is 9.95. The summed E-state index contributed by atoms with van der Waals surface area (Å²) in [5, 5.41) is 3.28. The van der Waals surface area contributed by atoms with Crippen LogP contribution in [0.25, 0.3) is 0 Å². The quantitative estimate of drug-likeness (QED) is 0.906. The Morgan fingerprint density at radius 1 is 1.33 bits per heavy atom. The highest BCUT2D eigenvalue weighted by molar-refractivity contribution is 5.98. The normalized spacial score (nSPS) is 23.0. The highest BCUT2D eigenvalue weighted by Gasteiger charge is 2.46. The molecule has 2 aliphatic heterocycles. The van der Waals surface area contributed by atoms with Gasteiger partial charge in [-0.15, -0.1) is 0 Å². The van der Waals surface area contributed by atoms with Gasteiger partial charge in [-0.25, -0.2) is 0 Å². The predicted octanol–water partition coefficient (Wildman–Crippen LogP) is 2.99. The molecular formula is C16H17NO4. The number of anilines is 1. The van der Waals surface area contributed by atoms with Crippen LogP contribution in [0.5, 0.6) is 11.5 Å². The molecule has 110 valence electrons. The van der Waals surface area contributed by atoms with E-state index in [4.69, 9.17) is 14.2 Å². The molecule has 1 aromatic carbocycles. The summed E-state index contributed by atoms with van der Waals surface area (Å²) < 4.78 is 16.8. The molecule has 0 radical (unpaired) electrons. The van der Waals surface area contributed by atoms with E-state index in [2.05, 4.69) is 5.32 Å². The summed E-state index contributed by atoms with van der Waals surface area (Å²) in [6.07, 6.45) is 1.78. The molecule has 0 amide bonds. The van der Waals surface area contributed by atoms with Gasteiger partial charge in [-0.3, -0.25) is 4.79 Å². The Morgan fingerprint density at radius 3 is 2.76 bits per heavy atom. The Balaban J connectivity index is 2.09. The Morgan fingerprint density at radius 2 is 2.10 bits per heavy atom. The van der Waals surface area contributed by atoms with Gasteiger partial charge in [-0.1, -0.05) is 0 Å². The molecule has 1 N–H and O–H groups in total. The molecule has 0 aliphatic carbocycles. The molecule has 2 heterocycles. The number of methoxy groups -OCH3 is 1. The summed E-state index contributed by atoms with van der Waals surface area (Å²) in [6, 6.07) is 5.48. The van der Waals surface area contributed by atoms with Gasteiger partial charge >= 0.3 is 0 Å². The summed E-state index contributed by atoms with van der Waals surface area (Å²) in [4.78, 5) is 12.0. The van der Waals surface area contributed by atoms with Crippen molar-refractivity contribution >= 4 is 11.5 Å². The summed E-state index contributed by atoms with van der Waals surface area (Å²) in [5.41, 5.74) is 0.252. The van der Waals surface area contributed by atoms with Crippen molar-refractivity contribution in [3.63, 3.8) is 0 Å². The smallest absolute Gasteiger partial charge is 0.237 e. The molecule has 0 aromatic heterocycles. The van der Waals surface area contributed by atoms with E-state index in [-0.39, 0.29) is 5.78 Å². The van der Waals surface area contributed by atoms with Crippen LogP contribution in [0.2, 0.25) is 0 Å². The minimum Gasteiger partial charge on any atom is -0.497 e. The largest absolute Gasteiger partial charge is 0.497 e. The van der Waals surface area contributed by atoms with Crippen molar-refractivity contribution in [1.82, 2.24) is 0 Å². The summed E-state index contributed by atoms with van der Waals surface area (Å²) in [7, 11) is 1.61. The predicted molar refractivity (Wildman–Crippen MR) is 78.2 cm³/mol. The Labute approximate surface area is 123 Å². The van der Waals surface area contributed by atoms with Gasteiger partial charge < -0.3 is 19.5 Å². The maximum atomic E-state index is 12.0. The standard InChI is InChI=1S/C16H17NO4/c1-9-8-16(15(10(2)18)11(3)20-9)17-13-7-12(19-4)5-6-14(13)21-16/h5-8,17H,1-4H3/t16-/m0/s1. The van der Waals surface area contributed by atoms with Crippen molar-refractivity contribution in [2.24, 2.45) is 0 Å². The summed E-state index contributed by atoms with van der Waals surface area (Å²) in [6.45, 7) is 5.10. The molecule has 1 atom stereocenters. The summed E-state index contributed by atoms with van der Waals surface area (Å²) >= 11 is 0. The SMILES string of the molecule is COc1ccc2c(c1)N[C@@]1(C=C(C)OC(C)=C1C(C)=O)O2. The van der Waals surface area contributed by atoms with E-state index in [0.717, 1.165) is 11.4 Å². The third-order valence-electron chi connectivity index (χ3n) is 3.57. The van der Waals surface area contributed by atoms with Crippen LogP contribution in [-0.2, 0) is 9.53 Å². The Hall–Kier alpha value is -2.43. The van der Waals surface area contributed by atoms with Crippen molar-refractivity contribution < 1.29 is 19.0 Å². The van der Waals surface area contributed by atoms with Crippen LogP contribution in [0.1, 0.15) is 20.8 Å². The lowest BCUT2D eigenvalue weighted by molar-refractivity contribution is -0.115. The molecule has 0 unspecified atom stereocenters. The van der Waals surface area contributed by atoms with Crippen molar-refractivity contribution in [3.8, 4) is 11.5 Å². The first-order valence-electron chi connectivity index (χ1n) is 6.70. The molecule has 0 saturated heterocycles. The molecule has 0 bridgehead atoms. The third-order valence-corrected chi connectivity index (χ3v) is 3.57. The molecule has 5 nitrogen and oxygen atoms in total. The van der Waals surface area contributed by atoms with Crippen LogP contribution in [-0.4, -0.2) is 18.6 Å². The van der Waals surface area contributed by atoms with Crippen molar-refractivity contribution in [3.05, 3.63) is 41.4 Å². The van der Waals surface area contributed by atoms with E-state index >= 15 is 0 Å². The maximum Gasteiger partial charge on any atom is 0.237 e. The van der Waals surface area contributed by atoms with Gasteiger partial charge in [0.2, 0.25) is 5.72 Å². The Kier molecular flexibility index (Phi) is 2.93. The molecule has 5 heteroatoms. The van der Waals surface area contributed by atoms with Crippen LogP contribution in [0.3, 0.4) is 0 Å². The number of nitrogens with one attached hydrogen (secondary N) is 1. The highest BCUT2D eigenvalue weighted by Crippen LogP contribution is 2.45. The fourth-order valence-corrected chi connectivity index (χ4v) is 2.85. The molecule has 21 heavy (non-hydrogen) atoms. The van der Waals surface area contributed by atoms with Gasteiger partial charge in [0.25, 0.3) is 0 Å². The van der Waals surface area contributed by atoms with Crippen molar-refractivity contribution in [2.45, 2.75) is 26.5 Å². The average Bonchev–Trinajstić information content (AvgIpc) is 2.73. The first kappa shape index (κ1) is 13.5. The van der Waals surface area contributed by atoms with Crippen LogP contribution in [0.15, 0.2) is 41.4 Å². The number of carbonyl (C=O) groups is 1. The lowest BCUT2D eigenvalue weighted by Gasteiger charge is -2.32. The zero-order chi connectivity index (χ0) is 15.2. The van der Waals surface area contributed by atoms with Crippen molar-refractivity contribution in [1.29, 1.82) is 0 Å². The van der Waals surface area contributed by atoms with E-state index in [0.29, 0.717) is 22.8 Å². The number of hydrogen-bond donors (Lipinski definition) is 1. The van der Waals surface area contributed by atoms with Gasteiger partial charge in [-0.2, -0.15) is 0 Å². The number of allylic oxidation sites excluding steroid dienone is 2. The second kappa shape index (κ2) is 4.55. The molecule has 2 aliphatic rings. The number of fused-ring (bicyclic) bond motifs is 1. The first-order valence-corrected chi connectivity index (χ1v) is 6.70. The Bertz CT molecular complexity index is 690. The van der Waals surface area contributed by atoms with Crippen LogP contribution < -0.4 is 14.8 Å². The third kappa shape index (κ3) is 2.05. The second-order valence-corrected chi connectivity index (χ2v) is 5.17. The molecule has 0 saturated carbocycles. The number of ketones is 1. The second-order valence-electron chi connectivity index (χ2n) is 5.17. The number of Topliss-reactive ketones (excluding diaryl/α,β-unsaturated/α-hetero) is 1. The zero-order valence-corrected chi connectivity index (χ0v) is 12.4. The van der Waals surface area contributed by atoms with E-state index in [1.807, 2.05) is 25.1 Å². The molecular weight excluding hydrogens is 270 g/mol. The van der Waals surface area contributed by atoms with E-state index in [9.17, 15) is 4.79 Å². The lowest BCUT2D eigenvalue weighted by Crippen LogP contribution is -2.45. The molecule has 0 fully saturated rings. The highest BCUT2D eigenvalue weighted by atomic mass is 16.5. The number of carbonyl (C=O) groups excluding carboxylic acids is 1. The van der Waals surface area contributed by atoms with E-state index < -0.39 is 5.72 Å². The number of hydrogen-bond acceptors (Lipinski definition) is 5. The van der Waals surface area contributed by atoms with Gasteiger partial charge in [0.1, 0.15) is 28.6 Å². The fraction of sp³-hybridized carbons (Fsp3) is 0.312. The minimum atomic E-state index is -1.01. The fourth-order valence-electron chi connectivity index (χ4n) is 2.85. The van der Waals surface area contributed by atoms with Crippen LogP contribution in [0.4, 0.5) is 5.69 Å². The molecule has 3 rings (SSSR count). The monoisotopic (exact) mass is 287 g/mol. The average molecular weight is 287 g/mol. The zero-order valence-electron chi connectivity index (χ0n) is 12.4. The molecule has 1 aromatic rings. The number of ether oxygens (including phenoxy) is 3. The summed E-state index contributed by atoms with van der Waals surface area (Å²) in [5.74, 6) is 2.54. The number of benzene rings is 1. The number of rotatable bonds is 2. The van der Waals surface area contributed by atoms with Gasteiger partial charge in [0.15, 0.2) is 5.78 Å². The van der Waals surface area contributed by atoms with Gasteiger partial charge in [0.05, 0.1) is 12.8 Å². The van der Waals surface area contributed by atoms with E-state index in [1.54, 1.807) is 20.1 Å².